The molecular formula is C20H19OP. The van der Waals surface area contributed by atoms with Crippen molar-refractivity contribution in [3.05, 3.63) is 90.0 Å². The van der Waals surface area contributed by atoms with E-state index < -0.39 is 7.14 Å². The van der Waals surface area contributed by atoms with E-state index in [1.807, 2.05) is 92.7 Å². The Kier molecular flexibility index (Phi) is 4.00. The molecule has 3 aromatic rings. The highest BCUT2D eigenvalue weighted by Gasteiger charge is 2.31. The molecule has 0 spiro atoms. The van der Waals surface area contributed by atoms with Crippen LogP contribution in [0.3, 0.4) is 0 Å². The minimum atomic E-state index is -2.85. The first-order chi connectivity index (χ1) is 10.6. The molecule has 1 nitrogen and oxygen atoms in total. The summed E-state index contributed by atoms with van der Waals surface area (Å²) in [6, 6.07) is 25.8. The first-order valence-electron chi connectivity index (χ1n) is 7.42. The number of aryl methyl sites for hydroxylation is 2. The van der Waals surface area contributed by atoms with Crippen LogP contribution in [0.5, 0.6) is 0 Å². The average Bonchev–Trinajstić information content (AvgIpc) is 2.56. The summed E-state index contributed by atoms with van der Waals surface area (Å²) in [5.74, 6) is 0. The summed E-state index contributed by atoms with van der Waals surface area (Å²) in [6.45, 7) is 4.06. The van der Waals surface area contributed by atoms with Crippen molar-refractivity contribution in [2.24, 2.45) is 0 Å². The maximum atomic E-state index is 14.3. The Bertz CT molecular complexity index is 788. The zero-order valence-electron chi connectivity index (χ0n) is 12.9. The zero-order valence-corrected chi connectivity index (χ0v) is 13.8. The molecule has 0 unspecified atom stereocenters. The lowest BCUT2D eigenvalue weighted by atomic mass is 10.2. The molecule has 0 amide bonds. The largest absolute Gasteiger partial charge is 0.309 e. The number of hydrogen-bond acceptors (Lipinski definition) is 1. The van der Waals surface area contributed by atoms with Gasteiger partial charge in [-0.05, 0) is 25.0 Å². The van der Waals surface area contributed by atoms with Crippen molar-refractivity contribution in [3.63, 3.8) is 0 Å². The summed E-state index contributed by atoms with van der Waals surface area (Å²) in [6.07, 6.45) is 0. The van der Waals surface area contributed by atoms with Gasteiger partial charge in [-0.2, -0.15) is 0 Å². The van der Waals surface area contributed by atoms with Gasteiger partial charge in [-0.1, -0.05) is 78.9 Å². The van der Waals surface area contributed by atoms with Crippen molar-refractivity contribution >= 4 is 23.1 Å². The van der Waals surface area contributed by atoms with Crippen LogP contribution < -0.4 is 15.9 Å². The van der Waals surface area contributed by atoms with E-state index in [9.17, 15) is 4.57 Å². The van der Waals surface area contributed by atoms with Gasteiger partial charge in [-0.15, -0.1) is 0 Å². The molecule has 0 aliphatic heterocycles. The topological polar surface area (TPSA) is 17.1 Å². The maximum Gasteiger partial charge on any atom is 0.171 e. The molecule has 2 heteroatoms. The van der Waals surface area contributed by atoms with Crippen molar-refractivity contribution in [2.75, 3.05) is 0 Å². The molecule has 0 fully saturated rings. The van der Waals surface area contributed by atoms with Crippen LogP contribution in [0.1, 0.15) is 11.1 Å². The highest BCUT2D eigenvalue weighted by molar-refractivity contribution is 7.85. The molecule has 110 valence electrons. The van der Waals surface area contributed by atoms with E-state index in [-0.39, 0.29) is 0 Å². The summed E-state index contributed by atoms with van der Waals surface area (Å²) >= 11 is 0. The predicted octanol–water partition coefficient (Wildman–Crippen LogP) is 3.94. The molecule has 0 saturated carbocycles. The van der Waals surface area contributed by atoms with Crippen LogP contribution >= 0.6 is 7.14 Å². The number of benzene rings is 3. The molecule has 0 radical (unpaired) electrons. The van der Waals surface area contributed by atoms with E-state index in [1.165, 1.54) is 0 Å². The van der Waals surface area contributed by atoms with Crippen molar-refractivity contribution in [3.8, 4) is 0 Å². The van der Waals surface area contributed by atoms with Gasteiger partial charge in [-0.3, -0.25) is 0 Å². The Morgan fingerprint density at radius 1 is 0.591 bits per heavy atom. The van der Waals surface area contributed by atoms with Crippen molar-refractivity contribution < 1.29 is 4.57 Å². The second-order valence-corrected chi connectivity index (χ2v) is 8.22. The third-order valence-corrected chi connectivity index (χ3v) is 7.42. The normalized spacial score (nSPS) is 11.4. The Morgan fingerprint density at radius 2 is 1.00 bits per heavy atom. The molecule has 0 saturated heterocycles. The van der Waals surface area contributed by atoms with Crippen molar-refractivity contribution in [1.29, 1.82) is 0 Å². The van der Waals surface area contributed by atoms with Crippen LogP contribution in [0.25, 0.3) is 0 Å². The van der Waals surface area contributed by atoms with Crippen molar-refractivity contribution in [1.82, 2.24) is 0 Å². The molecule has 0 aliphatic carbocycles. The maximum absolute atomic E-state index is 14.3. The highest BCUT2D eigenvalue weighted by atomic mass is 31.2. The van der Waals surface area contributed by atoms with Gasteiger partial charge >= 0.3 is 0 Å². The smallest absolute Gasteiger partial charge is 0.171 e. The minimum Gasteiger partial charge on any atom is -0.309 e. The first kappa shape index (κ1) is 14.8. The van der Waals surface area contributed by atoms with Gasteiger partial charge in [0.2, 0.25) is 0 Å². The van der Waals surface area contributed by atoms with E-state index in [0.717, 1.165) is 27.0 Å². The van der Waals surface area contributed by atoms with Gasteiger partial charge in [0.15, 0.2) is 7.14 Å². The lowest BCUT2D eigenvalue weighted by Crippen LogP contribution is -2.28. The quantitative estimate of drug-likeness (QED) is 0.670. The van der Waals surface area contributed by atoms with Gasteiger partial charge in [0.25, 0.3) is 0 Å². The Balaban J connectivity index is 2.37. The van der Waals surface area contributed by atoms with Gasteiger partial charge in [0.05, 0.1) is 0 Å². The zero-order chi connectivity index (χ0) is 15.6. The van der Waals surface area contributed by atoms with E-state index in [4.69, 9.17) is 0 Å². The highest BCUT2D eigenvalue weighted by Crippen LogP contribution is 2.44. The van der Waals surface area contributed by atoms with Gasteiger partial charge < -0.3 is 4.57 Å². The molecule has 0 N–H and O–H groups in total. The summed E-state index contributed by atoms with van der Waals surface area (Å²) in [5.41, 5.74) is 2.14. The summed E-state index contributed by atoms with van der Waals surface area (Å²) < 4.78 is 14.3. The molecule has 0 atom stereocenters. The van der Waals surface area contributed by atoms with E-state index >= 15 is 0 Å². The fourth-order valence-electron chi connectivity index (χ4n) is 2.88. The lowest BCUT2D eigenvalue weighted by Gasteiger charge is -2.23. The van der Waals surface area contributed by atoms with Crippen LogP contribution in [0.2, 0.25) is 0 Å². The summed E-state index contributed by atoms with van der Waals surface area (Å²) in [7, 11) is -2.85. The second-order valence-electron chi connectivity index (χ2n) is 5.52. The lowest BCUT2D eigenvalue weighted by molar-refractivity contribution is 0.592. The molecule has 22 heavy (non-hydrogen) atoms. The first-order valence-corrected chi connectivity index (χ1v) is 9.13. The van der Waals surface area contributed by atoms with Crippen LogP contribution in [0.4, 0.5) is 0 Å². The molecule has 0 bridgehead atoms. The minimum absolute atomic E-state index is 0.888. The second kappa shape index (κ2) is 5.94. The molecule has 0 aliphatic rings. The van der Waals surface area contributed by atoms with Crippen LogP contribution in [0.15, 0.2) is 78.9 Å². The predicted molar refractivity (Wildman–Crippen MR) is 95.3 cm³/mol. The van der Waals surface area contributed by atoms with Crippen LogP contribution in [-0.4, -0.2) is 0 Å². The molecular weight excluding hydrogens is 287 g/mol. The van der Waals surface area contributed by atoms with E-state index in [1.54, 1.807) is 0 Å². The van der Waals surface area contributed by atoms with Crippen LogP contribution in [-0.2, 0) is 4.57 Å². The van der Waals surface area contributed by atoms with E-state index in [0.29, 0.717) is 0 Å². The Labute approximate surface area is 132 Å². The number of hydrogen-bond donors (Lipinski definition) is 0. The summed E-state index contributed by atoms with van der Waals surface area (Å²) in [4.78, 5) is 0. The monoisotopic (exact) mass is 306 g/mol. The molecule has 0 heterocycles. The third-order valence-electron chi connectivity index (χ3n) is 4.03. The van der Waals surface area contributed by atoms with Gasteiger partial charge in [0.1, 0.15) is 0 Å². The van der Waals surface area contributed by atoms with Crippen LogP contribution in [0, 0.1) is 13.8 Å². The van der Waals surface area contributed by atoms with Crippen molar-refractivity contribution in [2.45, 2.75) is 13.8 Å². The fraction of sp³-hybridized carbons (Fsp3) is 0.100. The molecule has 3 rings (SSSR count). The standard InChI is InChI=1S/C20H19OP/c1-16-10-6-8-14-19(16)22(21,18-12-4-3-5-13-18)20-15-9-7-11-17(20)2/h3-15H,1-2H3. The van der Waals surface area contributed by atoms with Gasteiger partial charge in [0, 0.05) is 15.9 Å². The molecule has 3 aromatic carbocycles. The van der Waals surface area contributed by atoms with E-state index in [2.05, 4.69) is 0 Å². The number of rotatable bonds is 3. The average molecular weight is 306 g/mol. The van der Waals surface area contributed by atoms with Gasteiger partial charge in [-0.25, -0.2) is 0 Å². The third kappa shape index (κ3) is 2.42. The summed E-state index contributed by atoms with van der Waals surface area (Å²) in [5, 5.41) is 2.74. The Morgan fingerprint density at radius 3 is 1.45 bits per heavy atom. The SMILES string of the molecule is Cc1ccccc1P(=O)(c1ccccc1)c1ccccc1C. The molecule has 0 aromatic heterocycles. The fourth-order valence-corrected chi connectivity index (χ4v) is 6.02. The Hall–Kier alpha value is -2.11.